The molecule has 0 aliphatic heterocycles. The molecule has 0 aromatic heterocycles. The van der Waals surface area contributed by atoms with Crippen molar-refractivity contribution in [2.24, 2.45) is 0 Å². The first kappa shape index (κ1) is 18.5. The predicted molar refractivity (Wildman–Crippen MR) is 94.2 cm³/mol. The summed E-state index contributed by atoms with van der Waals surface area (Å²) in [5.41, 5.74) is 1.89. The number of hydrogen-bond donors (Lipinski definition) is 2. The Bertz CT molecular complexity index is 729. The molecule has 0 aliphatic rings. The number of hydrogen-bond acceptors (Lipinski definition) is 4. The molecule has 1 amide bonds. The highest BCUT2D eigenvalue weighted by Gasteiger charge is 2.12. The lowest BCUT2D eigenvalue weighted by atomic mass is 10.1. The zero-order chi connectivity index (χ0) is 18.1. The quantitative estimate of drug-likeness (QED) is 0.684. The van der Waals surface area contributed by atoms with E-state index in [1.165, 1.54) is 0 Å². The maximum absolute atomic E-state index is 12.5. The molecule has 2 aromatic rings. The molecule has 2 aromatic carbocycles. The smallest absolute Gasteiger partial charge is 0.303 e. The number of carbonyl (C=O) groups is 2. The number of rotatable bonds is 9. The van der Waals surface area contributed by atoms with Gasteiger partial charge in [-0.3, -0.25) is 9.59 Å². The first-order valence-electron chi connectivity index (χ1n) is 7.93. The Kier molecular flexibility index (Phi) is 6.98. The van der Waals surface area contributed by atoms with Crippen LogP contribution in [0.5, 0.6) is 5.75 Å². The Hall–Kier alpha value is -2.86. The molecule has 6 heteroatoms. The van der Waals surface area contributed by atoms with Crippen LogP contribution in [0.2, 0.25) is 0 Å². The van der Waals surface area contributed by atoms with Gasteiger partial charge in [-0.1, -0.05) is 24.3 Å². The van der Waals surface area contributed by atoms with Crippen molar-refractivity contribution < 1.29 is 24.2 Å². The lowest BCUT2D eigenvalue weighted by Gasteiger charge is -2.12. The molecule has 0 unspecified atom stereocenters. The summed E-state index contributed by atoms with van der Waals surface area (Å²) in [6, 6.07) is 14.1. The molecule has 0 spiro atoms. The topological polar surface area (TPSA) is 84.9 Å². The number of aryl methyl sites for hydroxylation is 1. The Morgan fingerprint density at radius 1 is 1.08 bits per heavy atom. The van der Waals surface area contributed by atoms with Gasteiger partial charge in [-0.05, 0) is 36.2 Å². The summed E-state index contributed by atoms with van der Waals surface area (Å²) in [6.07, 6.45) is 0.462. The summed E-state index contributed by atoms with van der Waals surface area (Å²) in [4.78, 5) is 23.2. The zero-order valence-corrected chi connectivity index (χ0v) is 14.0. The van der Waals surface area contributed by atoms with E-state index in [0.717, 1.165) is 5.56 Å². The maximum Gasteiger partial charge on any atom is 0.303 e. The van der Waals surface area contributed by atoms with E-state index in [1.54, 1.807) is 49.6 Å². The number of carboxylic acids is 1. The highest BCUT2D eigenvalue weighted by Crippen LogP contribution is 2.20. The molecular weight excluding hydrogens is 322 g/mol. The molecule has 0 saturated carbocycles. The van der Waals surface area contributed by atoms with E-state index >= 15 is 0 Å². The standard InChI is InChI=1S/C19H21NO5/c1-24-11-12-25-17-8-3-2-7-16(17)19(23)20-15-6-4-5-14(13-15)9-10-18(21)22/h2-8,13H,9-12H2,1H3,(H,20,23)(H,21,22). The Balaban J connectivity index is 2.07. The van der Waals surface area contributed by atoms with E-state index in [0.29, 0.717) is 36.6 Å². The van der Waals surface area contributed by atoms with E-state index in [1.807, 2.05) is 6.07 Å². The van der Waals surface area contributed by atoms with Crippen molar-refractivity contribution >= 4 is 17.6 Å². The van der Waals surface area contributed by atoms with E-state index in [-0.39, 0.29) is 12.3 Å². The van der Waals surface area contributed by atoms with Gasteiger partial charge in [-0.15, -0.1) is 0 Å². The van der Waals surface area contributed by atoms with Crippen LogP contribution in [0.3, 0.4) is 0 Å². The van der Waals surface area contributed by atoms with Crippen LogP contribution < -0.4 is 10.1 Å². The van der Waals surface area contributed by atoms with Gasteiger partial charge in [0.05, 0.1) is 12.2 Å². The Labute approximate surface area is 146 Å². The largest absolute Gasteiger partial charge is 0.490 e. The summed E-state index contributed by atoms with van der Waals surface area (Å²) in [5.74, 6) is -0.654. The van der Waals surface area contributed by atoms with Crippen LogP contribution in [0, 0.1) is 0 Å². The number of benzene rings is 2. The van der Waals surface area contributed by atoms with Crippen LogP contribution in [0.1, 0.15) is 22.3 Å². The van der Waals surface area contributed by atoms with E-state index in [9.17, 15) is 9.59 Å². The minimum atomic E-state index is -0.850. The second-order valence-electron chi connectivity index (χ2n) is 5.39. The maximum atomic E-state index is 12.5. The van der Waals surface area contributed by atoms with Crippen molar-refractivity contribution in [1.29, 1.82) is 0 Å². The van der Waals surface area contributed by atoms with Gasteiger partial charge in [0, 0.05) is 19.2 Å². The summed E-state index contributed by atoms with van der Waals surface area (Å²) >= 11 is 0. The normalized spacial score (nSPS) is 10.3. The molecule has 6 nitrogen and oxygen atoms in total. The molecule has 0 aliphatic carbocycles. The number of anilines is 1. The SMILES string of the molecule is COCCOc1ccccc1C(=O)Nc1cccc(CCC(=O)O)c1. The third-order valence-corrected chi connectivity index (χ3v) is 3.49. The number of methoxy groups -OCH3 is 1. The zero-order valence-electron chi connectivity index (χ0n) is 14.0. The minimum absolute atomic E-state index is 0.0492. The lowest BCUT2D eigenvalue weighted by Crippen LogP contribution is -2.15. The summed E-state index contributed by atoms with van der Waals surface area (Å²) in [5, 5.41) is 11.6. The molecule has 0 fully saturated rings. The van der Waals surface area contributed by atoms with Gasteiger partial charge in [0.15, 0.2) is 0 Å². The fourth-order valence-corrected chi connectivity index (χ4v) is 2.27. The second kappa shape index (κ2) is 9.44. The molecule has 132 valence electrons. The minimum Gasteiger partial charge on any atom is -0.490 e. The molecule has 0 radical (unpaired) electrons. The van der Waals surface area contributed by atoms with Crippen LogP contribution in [0.15, 0.2) is 48.5 Å². The second-order valence-corrected chi connectivity index (χ2v) is 5.39. The molecule has 0 bridgehead atoms. The number of para-hydroxylation sites is 1. The highest BCUT2D eigenvalue weighted by molar-refractivity contribution is 6.06. The van der Waals surface area contributed by atoms with Gasteiger partial charge < -0.3 is 19.9 Å². The van der Waals surface area contributed by atoms with Gasteiger partial charge in [-0.25, -0.2) is 0 Å². The fourth-order valence-electron chi connectivity index (χ4n) is 2.27. The van der Waals surface area contributed by atoms with Gasteiger partial charge >= 0.3 is 5.97 Å². The number of nitrogens with one attached hydrogen (secondary N) is 1. The van der Waals surface area contributed by atoms with Crippen molar-refractivity contribution in [2.75, 3.05) is 25.6 Å². The number of carbonyl (C=O) groups excluding carboxylic acids is 1. The first-order valence-corrected chi connectivity index (χ1v) is 7.93. The van der Waals surface area contributed by atoms with E-state index in [4.69, 9.17) is 14.6 Å². The fraction of sp³-hybridized carbons (Fsp3) is 0.263. The third-order valence-electron chi connectivity index (χ3n) is 3.49. The Morgan fingerprint density at radius 3 is 2.64 bits per heavy atom. The van der Waals surface area contributed by atoms with E-state index in [2.05, 4.69) is 5.32 Å². The van der Waals surface area contributed by atoms with E-state index < -0.39 is 5.97 Å². The van der Waals surface area contributed by atoms with Gasteiger partial charge in [0.2, 0.25) is 0 Å². The van der Waals surface area contributed by atoms with Crippen molar-refractivity contribution in [3.63, 3.8) is 0 Å². The molecule has 25 heavy (non-hydrogen) atoms. The van der Waals surface area contributed by atoms with Gasteiger partial charge in [0.1, 0.15) is 12.4 Å². The van der Waals surface area contributed by atoms with Crippen LogP contribution in [0.25, 0.3) is 0 Å². The number of amides is 1. The number of aliphatic carboxylic acids is 1. The van der Waals surface area contributed by atoms with Gasteiger partial charge in [0.25, 0.3) is 5.91 Å². The van der Waals surface area contributed by atoms with Crippen molar-refractivity contribution in [1.82, 2.24) is 0 Å². The average molecular weight is 343 g/mol. The van der Waals surface area contributed by atoms with Crippen LogP contribution in [0.4, 0.5) is 5.69 Å². The van der Waals surface area contributed by atoms with Crippen molar-refractivity contribution in [2.45, 2.75) is 12.8 Å². The molecule has 2 N–H and O–H groups in total. The lowest BCUT2D eigenvalue weighted by molar-refractivity contribution is -0.136. The van der Waals surface area contributed by atoms with Crippen LogP contribution in [-0.2, 0) is 16.0 Å². The van der Waals surface area contributed by atoms with Crippen LogP contribution >= 0.6 is 0 Å². The Morgan fingerprint density at radius 2 is 1.88 bits per heavy atom. The van der Waals surface area contributed by atoms with Gasteiger partial charge in [-0.2, -0.15) is 0 Å². The monoisotopic (exact) mass is 343 g/mol. The first-order chi connectivity index (χ1) is 12.1. The number of ether oxygens (including phenoxy) is 2. The number of carboxylic acid groups (broad SMARTS) is 1. The predicted octanol–water partition coefficient (Wildman–Crippen LogP) is 2.98. The summed E-state index contributed by atoms with van der Waals surface area (Å²) in [6.45, 7) is 0.785. The highest BCUT2D eigenvalue weighted by atomic mass is 16.5. The average Bonchev–Trinajstić information content (AvgIpc) is 2.61. The molecular formula is C19H21NO5. The molecule has 0 heterocycles. The third kappa shape index (κ3) is 5.93. The molecule has 0 saturated heterocycles. The summed E-state index contributed by atoms with van der Waals surface area (Å²) in [7, 11) is 1.58. The van der Waals surface area contributed by atoms with Crippen molar-refractivity contribution in [3.05, 3.63) is 59.7 Å². The molecule has 0 atom stereocenters. The summed E-state index contributed by atoms with van der Waals surface area (Å²) < 4.78 is 10.5. The molecule has 2 rings (SSSR count). The van der Waals surface area contributed by atoms with Crippen LogP contribution in [-0.4, -0.2) is 37.3 Å². The van der Waals surface area contributed by atoms with Crippen molar-refractivity contribution in [3.8, 4) is 5.75 Å².